The zero-order chi connectivity index (χ0) is 20.9. The summed E-state index contributed by atoms with van der Waals surface area (Å²) in [5.74, 6) is -1.53. The van der Waals surface area contributed by atoms with E-state index >= 15 is 4.39 Å². The molecule has 0 saturated heterocycles. The summed E-state index contributed by atoms with van der Waals surface area (Å²) >= 11 is 0. The Bertz CT molecular complexity index is 962. The number of oxime groups is 1. The summed E-state index contributed by atoms with van der Waals surface area (Å²) < 4.78 is 34.8. The molecule has 3 rings (SSSR count). The van der Waals surface area contributed by atoms with Crippen molar-refractivity contribution in [3.8, 4) is 16.9 Å². The molecule has 1 aliphatic carbocycles. The van der Waals surface area contributed by atoms with Crippen molar-refractivity contribution in [2.75, 3.05) is 7.11 Å². The van der Waals surface area contributed by atoms with Crippen LogP contribution in [0.5, 0.6) is 5.75 Å². The molecule has 0 heterocycles. The third-order valence-electron chi connectivity index (χ3n) is 6.09. The molecule has 0 aliphatic heterocycles. The smallest absolute Gasteiger partial charge is 0.146 e. The Kier molecular flexibility index (Phi) is 4.98. The molecular weight excluding hydrogens is 360 g/mol. The van der Waals surface area contributed by atoms with E-state index in [2.05, 4.69) is 38.9 Å². The normalized spacial score (nSPS) is 17.6. The van der Waals surface area contributed by atoms with Crippen molar-refractivity contribution < 1.29 is 18.7 Å². The van der Waals surface area contributed by atoms with E-state index in [0.29, 0.717) is 5.56 Å². The van der Waals surface area contributed by atoms with Crippen LogP contribution >= 0.6 is 0 Å². The van der Waals surface area contributed by atoms with Crippen LogP contribution in [0.25, 0.3) is 11.1 Å². The molecule has 0 radical (unpaired) electrons. The maximum Gasteiger partial charge on any atom is 0.146 e. The molecule has 1 N–H and O–H groups in total. The highest BCUT2D eigenvalue weighted by Gasteiger charge is 2.38. The Morgan fingerprint density at radius 2 is 1.61 bits per heavy atom. The van der Waals surface area contributed by atoms with Crippen molar-refractivity contribution in [3.05, 3.63) is 52.1 Å². The van der Waals surface area contributed by atoms with Gasteiger partial charge in [-0.05, 0) is 58.9 Å². The molecule has 0 unspecified atom stereocenters. The van der Waals surface area contributed by atoms with Crippen molar-refractivity contribution in [3.63, 3.8) is 0 Å². The molecule has 1 aliphatic rings. The Morgan fingerprint density at radius 1 is 1.04 bits per heavy atom. The molecule has 5 heteroatoms. The van der Waals surface area contributed by atoms with Gasteiger partial charge in [-0.25, -0.2) is 8.78 Å². The van der Waals surface area contributed by atoms with Crippen molar-refractivity contribution in [1.29, 1.82) is 0 Å². The standard InChI is InChI=1S/C23H27F2NO2/c1-13-9-16-17(23(4,5)8-7-22(16,2)3)10-14(13)20-19(28-6)11-18(24)15(12-26-27)21(20)25/h9-12,27H,7-8H2,1-6H3. The second-order valence-electron chi connectivity index (χ2n) is 8.89. The van der Waals surface area contributed by atoms with E-state index in [-0.39, 0.29) is 22.1 Å². The first kappa shape index (κ1) is 20.3. The number of ether oxygens (including phenoxy) is 1. The van der Waals surface area contributed by atoms with Gasteiger partial charge in [-0.15, -0.1) is 0 Å². The van der Waals surface area contributed by atoms with E-state index in [4.69, 9.17) is 9.94 Å². The van der Waals surface area contributed by atoms with Gasteiger partial charge in [0.1, 0.15) is 17.4 Å². The van der Waals surface area contributed by atoms with Crippen LogP contribution in [0, 0.1) is 18.6 Å². The lowest BCUT2D eigenvalue weighted by atomic mass is 9.62. The van der Waals surface area contributed by atoms with E-state index in [1.807, 2.05) is 13.0 Å². The number of methoxy groups -OCH3 is 1. The molecule has 2 aromatic rings. The van der Waals surface area contributed by atoms with Crippen molar-refractivity contribution in [1.82, 2.24) is 0 Å². The van der Waals surface area contributed by atoms with Crippen LogP contribution in [0.1, 0.15) is 62.8 Å². The van der Waals surface area contributed by atoms with Crippen LogP contribution in [-0.4, -0.2) is 18.5 Å². The van der Waals surface area contributed by atoms with Gasteiger partial charge in [0, 0.05) is 6.07 Å². The molecule has 0 amide bonds. The largest absolute Gasteiger partial charge is 0.496 e. The Hall–Kier alpha value is -2.43. The first-order valence-corrected chi connectivity index (χ1v) is 9.43. The molecule has 0 fully saturated rings. The lowest BCUT2D eigenvalue weighted by molar-refractivity contribution is 0.321. The Balaban J connectivity index is 2.36. The van der Waals surface area contributed by atoms with Crippen LogP contribution in [0.4, 0.5) is 8.78 Å². The summed E-state index contributed by atoms with van der Waals surface area (Å²) in [5, 5.41) is 11.6. The fourth-order valence-electron chi connectivity index (χ4n) is 4.19. The first-order chi connectivity index (χ1) is 13.0. The van der Waals surface area contributed by atoms with Crippen molar-refractivity contribution in [2.24, 2.45) is 5.16 Å². The van der Waals surface area contributed by atoms with E-state index in [9.17, 15) is 4.39 Å². The Morgan fingerprint density at radius 3 is 2.14 bits per heavy atom. The van der Waals surface area contributed by atoms with Gasteiger partial charge < -0.3 is 9.94 Å². The van der Waals surface area contributed by atoms with Crippen molar-refractivity contribution in [2.45, 2.75) is 58.3 Å². The van der Waals surface area contributed by atoms with E-state index < -0.39 is 17.2 Å². The number of hydrogen-bond donors (Lipinski definition) is 1. The van der Waals surface area contributed by atoms with E-state index in [1.54, 1.807) is 0 Å². The lowest BCUT2D eigenvalue weighted by Gasteiger charge is -2.42. The SMILES string of the molecule is COc1cc(F)c(C=NO)c(F)c1-c1cc2c(cc1C)C(C)(C)CCC2(C)C. The number of halogens is 2. The van der Waals surface area contributed by atoms with Crippen LogP contribution in [0.3, 0.4) is 0 Å². The average Bonchev–Trinajstić information content (AvgIpc) is 2.62. The summed E-state index contributed by atoms with van der Waals surface area (Å²) in [5.41, 5.74) is 3.76. The summed E-state index contributed by atoms with van der Waals surface area (Å²) in [7, 11) is 1.39. The minimum Gasteiger partial charge on any atom is -0.496 e. The number of fused-ring (bicyclic) bond motifs is 1. The molecular formula is C23H27F2NO2. The topological polar surface area (TPSA) is 41.8 Å². The third kappa shape index (κ3) is 3.17. The summed E-state index contributed by atoms with van der Waals surface area (Å²) in [6, 6.07) is 5.27. The van der Waals surface area contributed by atoms with Gasteiger partial charge in [0.15, 0.2) is 0 Å². The van der Waals surface area contributed by atoms with Gasteiger partial charge in [0.05, 0.1) is 24.5 Å². The molecule has 150 valence electrons. The average molecular weight is 387 g/mol. The summed E-state index contributed by atoms with van der Waals surface area (Å²) in [6.07, 6.45) is 2.88. The predicted molar refractivity (Wildman–Crippen MR) is 108 cm³/mol. The Labute approximate surface area is 165 Å². The highest BCUT2D eigenvalue weighted by Crippen LogP contribution is 2.48. The molecule has 2 aromatic carbocycles. The highest BCUT2D eigenvalue weighted by molar-refractivity contribution is 5.86. The van der Waals surface area contributed by atoms with Crippen LogP contribution in [-0.2, 0) is 10.8 Å². The maximum atomic E-state index is 15.3. The van der Waals surface area contributed by atoms with Gasteiger partial charge >= 0.3 is 0 Å². The molecule has 3 nitrogen and oxygen atoms in total. The van der Waals surface area contributed by atoms with Gasteiger partial charge in [0.2, 0.25) is 0 Å². The van der Waals surface area contributed by atoms with E-state index in [0.717, 1.165) is 30.7 Å². The van der Waals surface area contributed by atoms with Gasteiger partial charge in [-0.2, -0.15) is 0 Å². The second kappa shape index (κ2) is 6.87. The quantitative estimate of drug-likeness (QED) is 0.392. The molecule has 0 saturated carbocycles. The minimum absolute atomic E-state index is 0.0360. The van der Waals surface area contributed by atoms with Crippen LogP contribution in [0.15, 0.2) is 23.4 Å². The highest BCUT2D eigenvalue weighted by atomic mass is 19.1. The molecule has 28 heavy (non-hydrogen) atoms. The third-order valence-corrected chi connectivity index (χ3v) is 6.09. The van der Waals surface area contributed by atoms with Gasteiger partial charge in [-0.3, -0.25) is 0 Å². The van der Waals surface area contributed by atoms with Crippen molar-refractivity contribution >= 4 is 6.21 Å². The van der Waals surface area contributed by atoms with Gasteiger partial charge in [-0.1, -0.05) is 38.9 Å². The maximum absolute atomic E-state index is 15.3. The van der Waals surface area contributed by atoms with Crippen LogP contribution in [0.2, 0.25) is 0 Å². The molecule has 0 bridgehead atoms. The minimum atomic E-state index is -0.840. The fraction of sp³-hybridized carbons (Fsp3) is 0.435. The van der Waals surface area contributed by atoms with E-state index in [1.165, 1.54) is 18.2 Å². The second-order valence-corrected chi connectivity index (χ2v) is 8.89. The molecule has 0 atom stereocenters. The number of nitrogens with zero attached hydrogens (tertiary/aromatic N) is 1. The van der Waals surface area contributed by atoms with Gasteiger partial charge in [0.25, 0.3) is 0 Å². The fourth-order valence-corrected chi connectivity index (χ4v) is 4.19. The summed E-state index contributed by atoms with van der Waals surface area (Å²) in [4.78, 5) is 0. The number of rotatable bonds is 3. The number of aryl methyl sites for hydroxylation is 1. The lowest BCUT2D eigenvalue weighted by Crippen LogP contribution is -2.34. The molecule has 0 aromatic heterocycles. The monoisotopic (exact) mass is 387 g/mol. The zero-order valence-corrected chi connectivity index (χ0v) is 17.3. The molecule has 0 spiro atoms. The first-order valence-electron chi connectivity index (χ1n) is 9.43. The predicted octanol–water partition coefficient (Wildman–Crippen LogP) is 6.11. The number of hydrogen-bond acceptors (Lipinski definition) is 3. The zero-order valence-electron chi connectivity index (χ0n) is 17.3. The van der Waals surface area contributed by atoms with Crippen LogP contribution < -0.4 is 4.74 Å². The number of benzene rings is 2. The summed E-state index contributed by atoms with van der Waals surface area (Å²) in [6.45, 7) is 10.8.